The number of ether oxygens (including phenoxy) is 1. The number of unbranched alkanes of at least 4 members (excludes halogenated alkanes) is 3. The second kappa shape index (κ2) is 17.4. The van der Waals surface area contributed by atoms with Gasteiger partial charge in [-0.05, 0) is 94.1 Å². The van der Waals surface area contributed by atoms with Crippen LogP contribution in [-0.2, 0) is 22.2 Å². The maximum atomic E-state index is 13.6. The summed E-state index contributed by atoms with van der Waals surface area (Å²) in [6.45, 7) is 21.7. The molecule has 7 rings (SSSR count). The highest BCUT2D eigenvalue weighted by Crippen LogP contribution is 2.56. The van der Waals surface area contributed by atoms with Crippen LogP contribution in [0.25, 0.3) is 4.85 Å². The van der Waals surface area contributed by atoms with Crippen LogP contribution in [-0.4, -0.2) is 89.2 Å². The maximum absolute atomic E-state index is 13.6. The summed E-state index contributed by atoms with van der Waals surface area (Å²) in [5.41, 5.74) is 0.378. The van der Waals surface area contributed by atoms with Crippen LogP contribution in [0, 0.1) is 17.4 Å². The minimum Gasteiger partial charge on any atom is -0.489 e. The standard InChI is InChI=1S/C48H55F3N6O6/c1-28-26-55(32-17-19-34-35(24-32)43(62)57(42(34)61)38-21-22-39(58)53-41(38)60)27-29(2)56(28)23-11-9-8-10-12-30-13-15-31(16-14-30)40(59)54-44-46(3,4)45(47(44,5)6)63-33-18-20-37(52-7)36(25-33)48(49,50)51/h13-20,24-25,28-29,38,44-45H,8-12,21-23,26-27H2,1-6H3,(H,54,59)(H,53,58,60)/t28-,29+,38?,44?,45?. The summed E-state index contributed by atoms with van der Waals surface area (Å²) in [6, 6.07) is 15.5. The van der Waals surface area contributed by atoms with Gasteiger partial charge in [0.05, 0.1) is 23.3 Å². The Hall–Kier alpha value is -5.75. The Morgan fingerprint density at radius 1 is 0.873 bits per heavy atom. The molecule has 2 saturated heterocycles. The molecule has 12 nitrogen and oxygen atoms in total. The molecule has 3 fully saturated rings. The first-order chi connectivity index (χ1) is 29.7. The number of hydrogen-bond donors (Lipinski definition) is 2. The van der Waals surface area contributed by atoms with E-state index < -0.39 is 64.0 Å². The number of carbonyl (C=O) groups is 5. The Labute approximate surface area is 366 Å². The zero-order valence-corrected chi connectivity index (χ0v) is 36.6. The molecular weight excluding hydrogens is 814 g/mol. The lowest BCUT2D eigenvalue weighted by Gasteiger charge is -2.63. The third kappa shape index (κ3) is 8.92. The molecule has 0 aromatic heterocycles. The molecule has 4 aliphatic rings. The van der Waals surface area contributed by atoms with Gasteiger partial charge < -0.3 is 15.0 Å². The SMILES string of the molecule is [C-]#[N+]c1ccc(OC2C(C)(C)C(NC(=O)c3ccc(CCCCCCN4[C@H](C)CN(c5ccc6c(c5)C(=O)N(C5CCC(=O)NC5=O)C6=O)C[C@@H]4C)cc3)C2(C)C)cc1C(F)(F)F. The zero-order chi connectivity index (χ0) is 45.6. The smallest absolute Gasteiger partial charge is 0.407 e. The van der Waals surface area contributed by atoms with Gasteiger partial charge in [0.15, 0.2) is 5.69 Å². The van der Waals surface area contributed by atoms with Gasteiger partial charge in [0.25, 0.3) is 17.7 Å². The number of amides is 5. The number of rotatable bonds is 13. The second-order valence-corrected chi connectivity index (χ2v) is 18.7. The molecule has 63 heavy (non-hydrogen) atoms. The van der Waals surface area contributed by atoms with Crippen molar-refractivity contribution >= 4 is 40.9 Å². The summed E-state index contributed by atoms with van der Waals surface area (Å²) in [5.74, 6) is -2.25. The zero-order valence-electron chi connectivity index (χ0n) is 36.6. The van der Waals surface area contributed by atoms with Crippen LogP contribution in [0.5, 0.6) is 5.75 Å². The van der Waals surface area contributed by atoms with Crippen molar-refractivity contribution < 1.29 is 41.9 Å². The van der Waals surface area contributed by atoms with Gasteiger partial charge in [0, 0.05) is 59.7 Å². The Bertz CT molecular complexity index is 2310. The summed E-state index contributed by atoms with van der Waals surface area (Å²) in [6.07, 6.45) is 0.124. The lowest BCUT2D eigenvalue weighted by molar-refractivity contribution is -0.164. The van der Waals surface area contributed by atoms with Crippen LogP contribution < -0.4 is 20.3 Å². The fourth-order valence-corrected chi connectivity index (χ4v) is 10.5. The number of anilines is 1. The lowest BCUT2D eigenvalue weighted by atomic mass is 9.49. The summed E-state index contributed by atoms with van der Waals surface area (Å²) in [7, 11) is 0. The molecule has 0 radical (unpaired) electrons. The van der Waals surface area contributed by atoms with Crippen molar-refractivity contribution in [2.75, 3.05) is 24.5 Å². The van der Waals surface area contributed by atoms with E-state index in [0.29, 0.717) is 5.56 Å². The molecule has 0 spiro atoms. The third-order valence-electron chi connectivity index (χ3n) is 13.5. The lowest BCUT2D eigenvalue weighted by Crippen LogP contribution is -2.74. The van der Waals surface area contributed by atoms with E-state index in [4.69, 9.17) is 11.3 Å². The normalized spacial score (nSPS) is 24.3. The Morgan fingerprint density at radius 3 is 2.16 bits per heavy atom. The first-order valence-corrected chi connectivity index (χ1v) is 21.7. The number of hydrogen-bond acceptors (Lipinski definition) is 8. The van der Waals surface area contributed by atoms with E-state index in [1.54, 1.807) is 12.1 Å². The van der Waals surface area contributed by atoms with Crippen molar-refractivity contribution in [3.05, 3.63) is 99.9 Å². The van der Waals surface area contributed by atoms with E-state index in [0.717, 1.165) is 80.0 Å². The van der Waals surface area contributed by atoms with Gasteiger partial charge in [-0.3, -0.25) is 39.1 Å². The summed E-state index contributed by atoms with van der Waals surface area (Å²) in [5, 5.41) is 5.39. The van der Waals surface area contributed by atoms with Crippen molar-refractivity contribution in [2.24, 2.45) is 10.8 Å². The molecule has 1 saturated carbocycles. The van der Waals surface area contributed by atoms with Crippen molar-refractivity contribution in [2.45, 2.75) is 123 Å². The van der Waals surface area contributed by atoms with Crippen molar-refractivity contribution in [3.8, 4) is 5.75 Å². The molecule has 3 aliphatic heterocycles. The third-order valence-corrected chi connectivity index (χ3v) is 13.5. The van der Waals surface area contributed by atoms with Crippen LogP contribution >= 0.6 is 0 Å². The predicted molar refractivity (Wildman–Crippen MR) is 231 cm³/mol. The molecule has 0 bridgehead atoms. The number of nitrogens with zero attached hydrogens (tertiary/aromatic N) is 4. The number of piperazine rings is 1. The number of aryl methyl sites for hydroxylation is 1. The minimum atomic E-state index is -4.69. The highest BCUT2D eigenvalue weighted by molar-refractivity contribution is 6.23. The number of carbonyl (C=O) groups excluding carboxylic acids is 5. The van der Waals surface area contributed by atoms with E-state index in [1.165, 1.54) is 6.07 Å². The van der Waals surface area contributed by atoms with Gasteiger partial charge in [-0.2, -0.15) is 13.2 Å². The topological polar surface area (TPSA) is 133 Å². The number of benzene rings is 3. The van der Waals surface area contributed by atoms with Crippen LogP contribution in [0.1, 0.15) is 122 Å². The van der Waals surface area contributed by atoms with Crippen molar-refractivity contribution in [1.29, 1.82) is 0 Å². The molecule has 15 heteroatoms. The van der Waals surface area contributed by atoms with E-state index in [2.05, 4.69) is 39.1 Å². The molecule has 1 unspecified atom stereocenters. The summed E-state index contributed by atoms with van der Waals surface area (Å²) in [4.78, 5) is 72.9. The van der Waals surface area contributed by atoms with Gasteiger partial charge in [-0.1, -0.05) is 58.7 Å². The van der Waals surface area contributed by atoms with Crippen molar-refractivity contribution in [3.63, 3.8) is 0 Å². The monoisotopic (exact) mass is 868 g/mol. The van der Waals surface area contributed by atoms with Crippen molar-refractivity contribution in [1.82, 2.24) is 20.4 Å². The van der Waals surface area contributed by atoms with E-state index in [9.17, 15) is 37.1 Å². The predicted octanol–water partition coefficient (Wildman–Crippen LogP) is 7.97. The molecule has 1 aliphatic carbocycles. The van der Waals surface area contributed by atoms with E-state index in [-0.39, 0.29) is 53.8 Å². The highest BCUT2D eigenvalue weighted by atomic mass is 19.4. The molecule has 2 N–H and O–H groups in total. The Balaban J connectivity index is 0.835. The van der Waals surface area contributed by atoms with Crippen LogP contribution in [0.4, 0.5) is 24.5 Å². The van der Waals surface area contributed by atoms with Crippen LogP contribution in [0.2, 0.25) is 0 Å². The van der Waals surface area contributed by atoms with Gasteiger partial charge >= 0.3 is 6.18 Å². The Kier molecular flexibility index (Phi) is 12.5. The quantitative estimate of drug-likeness (QED) is 0.101. The molecular formula is C48H55F3N6O6. The number of piperidine rings is 1. The summed E-state index contributed by atoms with van der Waals surface area (Å²) >= 11 is 0. The summed E-state index contributed by atoms with van der Waals surface area (Å²) < 4.78 is 46.9. The molecule has 3 atom stereocenters. The minimum absolute atomic E-state index is 0.0271. The second-order valence-electron chi connectivity index (χ2n) is 18.7. The first kappa shape index (κ1) is 45.3. The number of nitrogens with one attached hydrogen (secondary N) is 2. The molecule has 3 aromatic rings. The first-order valence-electron chi connectivity index (χ1n) is 21.7. The van der Waals surface area contributed by atoms with Gasteiger partial charge in [0.1, 0.15) is 17.9 Å². The van der Waals surface area contributed by atoms with Gasteiger partial charge in [0.2, 0.25) is 11.8 Å². The molecule has 3 aromatic carbocycles. The fourth-order valence-electron chi connectivity index (χ4n) is 10.5. The number of alkyl halides is 3. The highest BCUT2D eigenvalue weighted by Gasteiger charge is 2.64. The number of imide groups is 2. The largest absolute Gasteiger partial charge is 0.489 e. The van der Waals surface area contributed by atoms with Crippen LogP contribution in [0.15, 0.2) is 60.7 Å². The van der Waals surface area contributed by atoms with E-state index in [1.807, 2.05) is 58.0 Å². The maximum Gasteiger partial charge on any atom is 0.407 e. The Morgan fingerprint density at radius 2 is 1.52 bits per heavy atom. The van der Waals surface area contributed by atoms with Gasteiger partial charge in [-0.25, -0.2) is 4.85 Å². The average molecular weight is 869 g/mol. The molecule has 3 heterocycles. The average Bonchev–Trinajstić information content (AvgIpc) is 3.48. The number of fused-ring (bicyclic) bond motifs is 1. The molecule has 5 amide bonds. The van der Waals surface area contributed by atoms with Gasteiger partial charge in [-0.15, -0.1) is 0 Å². The van der Waals surface area contributed by atoms with E-state index >= 15 is 0 Å². The fraction of sp³-hybridized carbons (Fsp3) is 0.500. The molecule has 334 valence electrons. The van der Waals surface area contributed by atoms with Crippen LogP contribution in [0.3, 0.4) is 0 Å². The number of halogens is 3.